The van der Waals surface area contributed by atoms with Crippen molar-refractivity contribution in [2.75, 3.05) is 12.4 Å². The fourth-order valence-corrected chi connectivity index (χ4v) is 2.08. The second-order valence-corrected chi connectivity index (χ2v) is 6.43. The van der Waals surface area contributed by atoms with Crippen LogP contribution in [0.15, 0.2) is 48.7 Å². The third-order valence-electron chi connectivity index (χ3n) is 3.47. The lowest BCUT2D eigenvalue weighted by Gasteiger charge is -2.20. The Kier molecular flexibility index (Phi) is 4.81. The Bertz CT molecular complexity index is 615. The van der Waals surface area contributed by atoms with Crippen LogP contribution >= 0.6 is 0 Å². The van der Waals surface area contributed by atoms with E-state index in [1.807, 2.05) is 42.5 Å². The normalized spacial score (nSPS) is 11.1. The van der Waals surface area contributed by atoms with Crippen LogP contribution in [0.4, 0.5) is 10.5 Å². The maximum absolute atomic E-state index is 12.2. The van der Waals surface area contributed by atoms with Gasteiger partial charge in [-0.2, -0.15) is 0 Å². The Morgan fingerprint density at radius 2 is 1.82 bits per heavy atom. The van der Waals surface area contributed by atoms with Crippen LogP contribution in [-0.4, -0.2) is 23.0 Å². The summed E-state index contributed by atoms with van der Waals surface area (Å²) in [4.78, 5) is 18.0. The first-order valence-corrected chi connectivity index (χ1v) is 7.39. The Morgan fingerprint density at radius 1 is 1.14 bits per heavy atom. The van der Waals surface area contributed by atoms with Crippen LogP contribution in [0.5, 0.6) is 0 Å². The molecule has 0 radical (unpaired) electrons. The standard InChI is InChI=1S/C18H23N3O/c1-18(2,3)14-8-10-15(11-9-14)20-17(22)21(4)13-16-7-5-6-12-19-16/h5-12H,13H2,1-4H3,(H,20,22). The quantitative estimate of drug-likeness (QED) is 0.929. The molecule has 0 bridgehead atoms. The second kappa shape index (κ2) is 6.60. The van der Waals surface area contributed by atoms with E-state index in [0.29, 0.717) is 6.54 Å². The summed E-state index contributed by atoms with van der Waals surface area (Å²) in [5.74, 6) is 0. The summed E-state index contributed by atoms with van der Waals surface area (Å²) in [6.07, 6.45) is 1.73. The molecular weight excluding hydrogens is 274 g/mol. The van der Waals surface area contributed by atoms with Gasteiger partial charge in [-0.3, -0.25) is 4.98 Å². The maximum atomic E-state index is 12.2. The average molecular weight is 297 g/mol. The van der Waals surface area contributed by atoms with Gasteiger partial charge in [-0.1, -0.05) is 39.0 Å². The van der Waals surface area contributed by atoms with Gasteiger partial charge in [0.05, 0.1) is 12.2 Å². The van der Waals surface area contributed by atoms with Crippen molar-refractivity contribution in [2.45, 2.75) is 32.7 Å². The minimum absolute atomic E-state index is 0.109. The fourth-order valence-electron chi connectivity index (χ4n) is 2.08. The Labute approximate surface area is 132 Å². The number of urea groups is 1. The van der Waals surface area contributed by atoms with Crippen molar-refractivity contribution in [3.63, 3.8) is 0 Å². The van der Waals surface area contributed by atoms with Crippen LogP contribution < -0.4 is 5.32 Å². The van der Waals surface area contributed by atoms with Crippen LogP contribution in [0, 0.1) is 0 Å². The van der Waals surface area contributed by atoms with Gasteiger partial charge in [0.25, 0.3) is 0 Å². The fraction of sp³-hybridized carbons (Fsp3) is 0.333. The van der Waals surface area contributed by atoms with E-state index in [-0.39, 0.29) is 11.4 Å². The number of rotatable bonds is 3. The highest BCUT2D eigenvalue weighted by atomic mass is 16.2. The second-order valence-electron chi connectivity index (χ2n) is 6.43. The Balaban J connectivity index is 1.96. The highest BCUT2D eigenvalue weighted by Crippen LogP contribution is 2.23. The minimum Gasteiger partial charge on any atom is -0.322 e. The molecule has 0 saturated carbocycles. The molecule has 2 amide bonds. The zero-order valence-electron chi connectivity index (χ0n) is 13.6. The van der Waals surface area contributed by atoms with Gasteiger partial charge in [0, 0.05) is 18.9 Å². The molecule has 0 aliphatic rings. The summed E-state index contributed by atoms with van der Waals surface area (Å²) in [5.41, 5.74) is 3.01. The SMILES string of the molecule is CN(Cc1ccccn1)C(=O)Nc1ccc(C(C)(C)C)cc1. The molecule has 1 aromatic heterocycles. The molecule has 0 aliphatic heterocycles. The Morgan fingerprint density at radius 3 is 2.36 bits per heavy atom. The van der Waals surface area contributed by atoms with E-state index in [2.05, 4.69) is 31.1 Å². The number of amides is 2. The predicted molar refractivity (Wildman–Crippen MR) is 89.9 cm³/mol. The molecule has 4 heteroatoms. The summed E-state index contributed by atoms with van der Waals surface area (Å²) in [5, 5.41) is 2.90. The van der Waals surface area contributed by atoms with Gasteiger partial charge < -0.3 is 10.2 Å². The van der Waals surface area contributed by atoms with Crippen molar-refractivity contribution >= 4 is 11.7 Å². The molecule has 0 fully saturated rings. The molecule has 0 atom stereocenters. The number of carbonyl (C=O) groups is 1. The summed E-state index contributed by atoms with van der Waals surface area (Å²) >= 11 is 0. The number of carbonyl (C=O) groups excluding carboxylic acids is 1. The van der Waals surface area contributed by atoms with Crippen molar-refractivity contribution < 1.29 is 4.79 Å². The van der Waals surface area contributed by atoms with Crippen LogP contribution in [0.2, 0.25) is 0 Å². The molecule has 22 heavy (non-hydrogen) atoms. The molecule has 4 nitrogen and oxygen atoms in total. The first-order valence-electron chi connectivity index (χ1n) is 7.39. The molecular formula is C18H23N3O. The number of hydrogen-bond acceptors (Lipinski definition) is 2. The number of pyridine rings is 1. The predicted octanol–water partition coefficient (Wildman–Crippen LogP) is 4.04. The number of aromatic nitrogens is 1. The molecule has 116 valence electrons. The van der Waals surface area contributed by atoms with Crippen molar-refractivity contribution in [1.29, 1.82) is 0 Å². The van der Waals surface area contributed by atoms with Crippen LogP contribution in [0.25, 0.3) is 0 Å². The number of nitrogens with one attached hydrogen (secondary N) is 1. The zero-order valence-corrected chi connectivity index (χ0v) is 13.6. The van der Waals surface area contributed by atoms with E-state index in [0.717, 1.165) is 11.4 Å². The summed E-state index contributed by atoms with van der Waals surface area (Å²) in [7, 11) is 1.76. The lowest BCUT2D eigenvalue weighted by Crippen LogP contribution is -2.31. The number of hydrogen-bond donors (Lipinski definition) is 1. The molecule has 1 aromatic carbocycles. The van der Waals surface area contributed by atoms with Gasteiger partial charge >= 0.3 is 6.03 Å². The van der Waals surface area contributed by atoms with Gasteiger partial charge in [0.2, 0.25) is 0 Å². The first kappa shape index (κ1) is 16.0. The summed E-state index contributed by atoms with van der Waals surface area (Å²) in [6.45, 7) is 6.98. The van der Waals surface area contributed by atoms with E-state index in [9.17, 15) is 4.79 Å². The van der Waals surface area contributed by atoms with E-state index in [1.54, 1.807) is 18.1 Å². The van der Waals surface area contributed by atoms with Gasteiger partial charge in [-0.05, 0) is 35.2 Å². The topological polar surface area (TPSA) is 45.2 Å². The minimum atomic E-state index is -0.144. The van der Waals surface area contributed by atoms with E-state index < -0.39 is 0 Å². The molecule has 1 heterocycles. The number of nitrogens with zero attached hydrogens (tertiary/aromatic N) is 2. The Hall–Kier alpha value is -2.36. The maximum Gasteiger partial charge on any atom is 0.321 e. The van der Waals surface area contributed by atoms with Crippen molar-refractivity contribution in [1.82, 2.24) is 9.88 Å². The van der Waals surface area contributed by atoms with Crippen LogP contribution in [0.3, 0.4) is 0 Å². The monoisotopic (exact) mass is 297 g/mol. The highest BCUT2D eigenvalue weighted by Gasteiger charge is 2.14. The van der Waals surface area contributed by atoms with Crippen LogP contribution in [-0.2, 0) is 12.0 Å². The average Bonchev–Trinajstić information content (AvgIpc) is 2.48. The highest BCUT2D eigenvalue weighted by molar-refractivity contribution is 5.89. The molecule has 2 rings (SSSR count). The lowest BCUT2D eigenvalue weighted by molar-refractivity contribution is 0.220. The van der Waals surface area contributed by atoms with Crippen molar-refractivity contribution in [3.8, 4) is 0 Å². The molecule has 0 unspecified atom stereocenters. The van der Waals surface area contributed by atoms with Gasteiger partial charge in [-0.15, -0.1) is 0 Å². The van der Waals surface area contributed by atoms with Crippen LogP contribution in [0.1, 0.15) is 32.0 Å². The summed E-state index contributed by atoms with van der Waals surface area (Å²) < 4.78 is 0. The molecule has 0 spiro atoms. The smallest absolute Gasteiger partial charge is 0.321 e. The largest absolute Gasteiger partial charge is 0.322 e. The third-order valence-corrected chi connectivity index (χ3v) is 3.47. The van der Waals surface area contributed by atoms with E-state index in [1.165, 1.54) is 5.56 Å². The van der Waals surface area contributed by atoms with Crippen molar-refractivity contribution in [2.24, 2.45) is 0 Å². The van der Waals surface area contributed by atoms with E-state index >= 15 is 0 Å². The number of benzene rings is 1. The van der Waals surface area contributed by atoms with Gasteiger partial charge in [0.15, 0.2) is 0 Å². The summed E-state index contributed by atoms with van der Waals surface area (Å²) in [6, 6.07) is 13.5. The molecule has 2 aromatic rings. The molecule has 0 aliphatic carbocycles. The van der Waals surface area contributed by atoms with E-state index in [4.69, 9.17) is 0 Å². The molecule has 1 N–H and O–H groups in total. The van der Waals surface area contributed by atoms with Gasteiger partial charge in [-0.25, -0.2) is 4.79 Å². The lowest BCUT2D eigenvalue weighted by atomic mass is 9.87. The molecule has 0 saturated heterocycles. The zero-order chi connectivity index (χ0) is 16.2. The number of anilines is 1. The van der Waals surface area contributed by atoms with Gasteiger partial charge in [0.1, 0.15) is 0 Å². The van der Waals surface area contributed by atoms with Crippen molar-refractivity contribution in [3.05, 3.63) is 59.9 Å². The third kappa shape index (κ3) is 4.32. The first-order chi connectivity index (χ1) is 10.4.